The Kier molecular flexibility index (Phi) is 7.72. The van der Waals surface area contributed by atoms with Gasteiger partial charge in [-0.05, 0) is 38.0 Å². The first-order valence-corrected chi connectivity index (χ1v) is 8.30. The average Bonchev–Trinajstić information content (AvgIpc) is 2.55. The van der Waals surface area contributed by atoms with Crippen LogP contribution < -0.4 is 4.74 Å². The van der Waals surface area contributed by atoms with Crippen LogP contribution in [0, 0.1) is 11.3 Å². The Bertz CT molecular complexity index is 640. The number of aliphatic carboxylic acids is 1. The molecule has 6 nitrogen and oxygen atoms in total. The molecule has 130 valence electrons. The summed E-state index contributed by atoms with van der Waals surface area (Å²) in [6, 6.07) is 7.42. The topological polar surface area (TPSA) is 96.6 Å². The standard InChI is InChI=1S/C17H20BrNO5/c1-3-24-16(22)7-9-17(11-19,8-6-15(20)21)13-10-12(18)4-5-14(13)23-2/h4-5,10H,3,6-9H2,1-2H3,(H,20,21). The Morgan fingerprint density at radius 2 is 2.00 bits per heavy atom. The van der Waals surface area contributed by atoms with Crippen LogP contribution in [0.3, 0.4) is 0 Å². The second-order valence-electron chi connectivity index (χ2n) is 5.24. The van der Waals surface area contributed by atoms with E-state index in [-0.39, 0.29) is 32.3 Å². The molecule has 0 spiro atoms. The van der Waals surface area contributed by atoms with Crippen LogP contribution in [0.2, 0.25) is 0 Å². The Morgan fingerprint density at radius 3 is 2.54 bits per heavy atom. The summed E-state index contributed by atoms with van der Waals surface area (Å²) in [5.74, 6) is -0.935. The second kappa shape index (κ2) is 9.28. The molecule has 1 N–H and O–H groups in total. The summed E-state index contributed by atoms with van der Waals surface area (Å²) in [4.78, 5) is 22.7. The van der Waals surface area contributed by atoms with Gasteiger partial charge in [-0.15, -0.1) is 0 Å². The summed E-state index contributed by atoms with van der Waals surface area (Å²) in [5, 5.41) is 18.9. The number of nitrogens with zero attached hydrogens (tertiary/aromatic N) is 1. The second-order valence-corrected chi connectivity index (χ2v) is 6.15. The summed E-state index contributed by atoms with van der Waals surface area (Å²) in [6.07, 6.45) is 0.0657. The molecule has 24 heavy (non-hydrogen) atoms. The maximum absolute atomic E-state index is 11.7. The van der Waals surface area contributed by atoms with E-state index in [1.807, 2.05) is 0 Å². The number of hydrogen-bond acceptors (Lipinski definition) is 5. The summed E-state index contributed by atoms with van der Waals surface area (Å²) in [5.41, 5.74) is -0.590. The van der Waals surface area contributed by atoms with Gasteiger partial charge in [-0.2, -0.15) is 5.26 Å². The molecule has 0 aliphatic heterocycles. The van der Waals surface area contributed by atoms with E-state index in [0.29, 0.717) is 11.3 Å². The molecule has 1 unspecified atom stereocenters. The van der Waals surface area contributed by atoms with Crippen LogP contribution >= 0.6 is 15.9 Å². The maximum Gasteiger partial charge on any atom is 0.305 e. The van der Waals surface area contributed by atoms with Crippen LogP contribution in [-0.2, 0) is 19.7 Å². The molecule has 0 bridgehead atoms. The fourth-order valence-corrected chi connectivity index (χ4v) is 2.85. The lowest BCUT2D eigenvalue weighted by molar-refractivity contribution is -0.143. The van der Waals surface area contributed by atoms with Gasteiger partial charge < -0.3 is 14.6 Å². The number of carbonyl (C=O) groups excluding carboxylic acids is 1. The molecule has 1 aromatic rings. The van der Waals surface area contributed by atoms with Gasteiger partial charge in [0.25, 0.3) is 0 Å². The largest absolute Gasteiger partial charge is 0.496 e. The van der Waals surface area contributed by atoms with Crippen LogP contribution in [0.1, 0.15) is 38.2 Å². The van der Waals surface area contributed by atoms with Gasteiger partial charge in [0.05, 0.1) is 25.2 Å². The fourth-order valence-electron chi connectivity index (χ4n) is 2.49. The van der Waals surface area contributed by atoms with Crippen LogP contribution in [-0.4, -0.2) is 30.8 Å². The van der Waals surface area contributed by atoms with E-state index in [1.165, 1.54) is 7.11 Å². The van der Waals surface area contributed by atoms with Gasteiger partial charge >= 0.3 is 11.9 Å². The van der Waals surface area contributed by atoms with Gasteiger partial charge in [0, 0.05) is 22.9 Å². The zero-order valence-electron chi connectivity index (χ0n) is 13.7. The van der Waals surface area contributed by atoms with Crippen molar-refractivity contribution in [3.63, 3.8) is 0 Å². The minimum atomic E-state index is -1.15. The molecule has 7 heteroatoms. The van der Waals surface area contributed by atoms with Gasteiger partial charge in [0.1, 0.15) is 5.75 Å². The molecule has 0 saturated carbocycles. The molecule has 0 radical (unpaired) electrons. The molecule has 1 atom stereocenters. The number of rotatable bonds is 9. The highest BCUT2D eigenvalue weighted by Crippen LogP contribution is 2.40. The van der Waals surface area contributed by atoms with Crippen LogP contribution in [0.5, 0.6) is 5.75 Å². The minimum absolute atomic E-state index is 0.0245. The SMILES string of the molecule is CCOC(=O)CCC(C#N)(CCC(=O)O)c1cc(Br)ccc1OC. The van der Waals surface area contributed by atoms with Crippen molar-refractivity contribution in [1.82, 2.24) is 0 Å². The van der Waals surface area contributed by atoms with Crippen LogP contribution in [0.15, 0.2) is 22.7 Å². The lowest BCUT2D eigenvalue weighted by atomic mass is 9.74. The van der Waals surface area contributed by atoms with Gasteiger partial charge in [0.2, 0.25) is 0 Å². The Hall–Kier alpha value is -2.07. The Morgan fingerprint density at radius 1 is 1.33 bits per heavy atom. The molecule has 1 rings (SSSR count). The zero-order valence-corrected chi connectivity index (χ0v) is 15.3. The predicted molar refractivity (Wildman–Crippen MR) is 90.7 cm³/mol. The monoisotopic (exact) mass is 397 g/mol. The quantitative estimate of drug-likeness (QED) is 0.641. The van der Waals surface area contributed by atoms with E-state index in [4.69, 9.17) is 14.6 Å². The molecule has 0 saturated heterocycles. The van der Waals surface area contributed by atoms with E-state index in [0.717, 1.165) is 4.47 Å². The number of benzene rings is 1. The number of methoxy groups -OCH3 is 1. The zero-order chi connectivity index (χ0) is 18.2. The highest BCUT2D eigenvalue weighted by molar-refractivity contribution is 9.10. The maximum atomic E-state index is 11.7. The van der Waals surface area contributed by atoms with Crippen molar-refractivity contribution < 1.29 is 24.2 Å². The van der Waals surface area contributed by atoms with Gasteiger partial charge in [0.15, 0.2) is 0 Å². The van der Waals surface area contributed by atoms with E-state index < -0.39 is 17.4 Å². The summed E-state index contributed by atoms with van der Waals surface area (Å²) < 4.78 is 11.0. The van der Waals surface area contributed by atoms with Gasteiger partial charge in [-0.25, -0.2) is 0 Å². The first-order chi connectivity index (χ1) is 11.4. The molecule has 0 aliphatic carbocycles. The van der Waals surface area contributed by atoms with E-state index in [9.17, 15) is 14.9 Å². The number of carboxylic acids is 1. The van der Waals surface area contributed by atoms with E-state index in [2.05, 4.69) is 22.0 Å². The van der Waals surface area contributed by atoms with Crippen molar-refractivity contribution in [2.24, 2.45) is 0 Å². The number of carbonyl (C=O) groups is 2. The summed E-state index contributed by atoms with van der Waals surface area (Å²) in [6.45, 7) is 1.96. The third-order valence-corrected chi connectivity index (χ3v) is 4.21. The van der Waals surface area contributed by atoms with Crippen molar-refractivity contribution >= 4 is 27.9 Å². The normalized spacial score (nSPS) is 12.8. The van der Waals surface area contributed by atoms with Gasteiger partial charge in [-0.3, -0.25) is 9.59 Å². The molecule has 0 aromatic heterocycles. The number of carboxylic acid groups (broad SMARTS) is 1. The minimum Gasteiger partial charge on any atom is -0.496 e. The van der Waals surface area contributed by atoms with Crippen LogP contribution in [0.4, 0.5) is 0 Å². The molecule has 0 fully saturated rings. The van der Waals surface area contributed by atoms with Crippen molar-refractivity contribution in [3.8, 4) is 11.8 Å². The predicted octanol–water partition coefficient (Wildman–Crippen LogP) is 3.43. The van der Waals surface area contributed by atoms with Crippen molar-refractivity contribution in [2.75, 3.05) is 13.7 Å². The van der Waals surface area contributed by atoms with Crippen molar-refractivity contribution in [2.45, 2.75) is 38.0 Å². The van der Waals surface area contributed by atoms with Crippen LogP contribution in [0.25, 0.3) is 0 Å². The Labute approximate surface area is 149 Å². The lowest BCUT2D eigenvalue weighted by Gasteiger charge is -2.28. The molecular formula is C17H20BrNO5. The Balaban J connectivity index is 3.25. The molecule has 1 aromatic carbocycles. The first kappa shape index (κ1) is 20.0. The molecular weight excluding hydrogens is 378 g/mol. The third-order valence-electron chi connectivity index (χ3n) is 3.72. The lowest BCUT2D eigenvalue weighted by Crippen LogP contribution is -2.27. The van der Waals surface area contributed by atoms with Crippen molar-refractivity contribution in [1.29, 1.82) is 5.26 Å². The highest BCUT2D eigenvalue weighted by atomic mass is 79.9. The fraction of sp³-hybridized carbons (Fsp3) is 0.471. The number of ether oxygens (including phenoxy) is 2. The average molecular weight is 398 g/mol. The molecule has 0 aliphatic rings. The van der Waals surface area contributed by atoms with Gasteiger partial charge in [-0.1, -0.05) is 15.9 Å². The highest BCUT2D eigenvalue weighted by Gasteiger charge is 2.36. The van der Waals surface area contributed by atoms with Crippen molar-refractivity contribution in [3.05, 3.63) is 28.2 Å². The van der Waals surface area contributed by atoms with E-state index >= 15 is 0 Å². The first-order valence-electron chi connectivity index (χ1n) is 7.51. The molecule has 0 heterocycles. The smallest absolute Gasteiger partial charge is 0.305 e. The number of halogens is 1. The summed E-state index contributed by atoms with van der Waals surface area (Å²) in [7, 11) is 1.48. The third kappa shape index (κ3) is 5.24. The molecule has 0 amide bonds. The number of hydrogen-bond donors (Lipinski definition) is 1. The number of esters is 1. The summed E-state index contributed by atoms with van der Waals surface area (Å²) >= 11 is 3.36. The van der Waals surface area contributed by atoms with E-state index in [1.54, 1.807) is 25.1 Å². The number of nitriles is 1.